The summed E-state index contributed by atoms with van der Waals surface area (Å²) in [6, 6.07) is 3.81. The highest BCUT2D eigenvalue weighted by Crippen LogP contribution is 2.10. The Labute approximate surface area is 110 Å². The van der Waals surface area contributed by atoms with Crippen LogP contribution in [-0.4, -0.2) is 27.8 Å². The van der Waals surface area contributed by atoms with Gasteiger partial charge in [-0.15, -0.1) is 11.3 Å². The monoisotopic (exact) mass is 261 g/mol. The van der Waals surface area contributed by atoms with Crippen LogP contribution in [0.3, 0.4) is 0 Å². The van der Waals surface area contributed by atoms with E-state index in [1.54, 1.807) is 17.5 Å². The molecule has 0 aliphatic heterocycles. The van der Waals surface area contributed by atoms with Crippen LogP contribution in [0.1, 0.15) is 17.0 Å². The van der Waals surface area contributed by atoms with Gasteiger partial charge >= 0.3 is 0 Å². The zero-order valence-corrected chi connectivity index (χ0v) is 10.9. The van der Waals surface area contributed by atoms with Crippen LogP contribution in [0.4, 0.5) is 0 Å². The second-order valence-electron chi connectivity index (χ2n) is 4.08. The van der Waals surface area contributed by atoms with Gasteiger partial charge in [-0.1, -0.05) is 6.07 Å². The highest BCUT2D eigenvalue weighted by Gasteiger charge is 2.09. The lowest BCUT2D eigenvalue weighted by atomic mass is 10.1. The highest BCUT2D eigenvalue weighted by molar-refractivity contribution is 7.07. The van der Waals surface area contributed by atoms with Crippen LogP contribution in [-0.2, 0) is 13.1 Å². The van der Waals surface area contributed by atoms with Crippen LogP contribution in [0.15, 0.2) is 29.2 Å². The SMILES string of the molecule is CN(Cc1cscn1)Cc1cccnc1C(=N)N. The van der Waals surface area contributed by atoms with E-state index >= 15 is 0 Å². The molecule has 2 aromatic rings. The third kappa shape index (κ3) is 3.12. The summed E-state index contributed by atoms with van der Waals surface area (Å²) in [5.74, 6) is 0.00709. The third-order valence-corrected chi connectivity index (χ3v) is 3.14. The van der Waals surface area contributed by atoms with Gasteiger partial charge in [-0.05, 0) is 18.7 Å². The van der Waals surface area contributed by atoms with E-state index in [2.05, 4.69) is 14.9 Å². The van der Waals surface area contributed by atoms with Crippen molar-refractivity contribution >= 4 is 17.2 Å². The molecular formula is C12H15N5S. The van der Waals surface area contributed by atoms with Crippen molar-refractivity contribution in [3.05, 3.63) is 46.2 Å². The Bertz CT molecular complexity index is 523. The largest absolute Gasteiger partial charge is 0.382 e. The second-order valence-corrected chi connectivity index (χ2v) is 4.80. The maximum atomic E-state index is 7.50. The van der Waals surface area contributed by atoms with Crippen molar-refractivity contribution in [3.63, 3.8) is 0 Å². The smallest absolute Gasteiger partial charge is 0.142 e. The Hall–Kier alpha value is -1.79. The first-order valence-corrected chi connectivity index (χ1v) is 6.45. The molecule has 6 heteroatoms. The van der Waals surface area contributed by atoms with Crippen molar-refractivity contribution < 1.29 is 0 Å². The fraction of sp³-hybridized carbons (Fsp3) is 0.250. The van der Waals surface area contributed by atoms with E-state index < -0.39 is 0 Å². The van der Waals surface area contributed by atoms with Gasteiger partial charge in [-0.2, -0.15) is 0 Å². The summed E-state index contributed by atoms with van der Waals surface area (Å²) in [7, 11) is 2.01. The number of aromatic nitrogens is 2. The van der Waals surface area contributed by atoms with Crippen LogP contribution < -0.4 is 5.73 Å². The molecule has 5 nitrogen and oxygen atoms in total. The van der Waals surface area contributed by atoms with Crippen molar-refractivity contribution in [3.8, 4) is 0 Å². The second kappa shape index (κ2) is 5.70. The summed E-state index contributed by atoms with van der Waals surface area (Å²) in [5.41, 5.74) is 9.92. The van der Waals surface area contributed by atoms with Crippen LogP contribution in [0.25, 0.3) is 0 Å². The Morgan fingerprint density at radius 2 is 2.28 bits per heavy atom. The molecule has 18 heavy (non-hydrogen) atoms. The highest BCUT2D eigenvalue weighted by atomic mass is 32.1. The summed E-state index contributed by atoms with van der Waals surface area (Å²) in [6.45, 7) is 1.47. The van der Waals surface area contributed by atoms with E-state index in [0.717, 1.165) is 17.8 Å². The summed E-state index contributed by atoms with van der Waals surface area (Å²) in [4.78, 5) is 10.5. The van der Waals surface area contributed by atoms with Crippen molar-refractivity contribution in [2.75, 3.05) is 7.05 Å². The molecule has 0 aliphatic rings. The van der Waals surface area contributed by atoms with Crippen LogP contribution in [0.2, 0.25) is 0 Å². The van der Waals surface area contributed by atoms with Gasteiger partial charge in [0.05, 0.1) is 11.2 Å². The van der Waals surface area contributed by atoms with Crippen molar-refractivity contribution in [2.45, 2.75) is 13.1 Å². The molecule has 0 aliphatic carbocycles. The molecule has 0 amide bonds. The van der Waals surface area contributed by atoms with Gasteiger partial charge in [0.25, 0.3) is 0 Å². The minimum absolute atomic E-state index is 0.00709. The molecule has 0 saturated carbocycles. The first kappa shape index (κ1) is 12.7. The Kier molecular flexibility index (Phi) is 4.01. The molecule has 2 aromatic heterocycles. The van der Waals surface area contributed by atoms with E-state index in [1.165, 1.54) is 0 Å². The molecule has 2 rings (SSSR count). The van der Waals surface area contributed by atoms with Gasteiger partial charge in [0.1, 0.15) is 11.5 Å². The zero-order valence-electron chi connectivity index (χ0n) is 10.1. The number of hydrogen-bond donors (Lipinski definition) is 2. The summed E-state index contributed by atoms with van der Waals surface area (Å²) in [6.07, 6.45) is 1.65. The van der Waals surface area contributed by atoms with Gasteiger partial charge < -0.3 is 5.73 Å². The number of thiazole rings is 1. The molecule has 0 unspecified atom stereocenters. The molecule has 0 fully saturated rings. The summed E-state index contributed by atoms with van der Waals surface area (Å²) >= 11 is 1.59. The van der Waals surface area contributed by atoms with E-state index in [0.29, 0.717) is 12.2 Å². The Morgan fingerprint density at radius 3 is 2.94 bits per heavy atom. The van der Waals surface area contributed by atoms with Crippen LogP contribution in [0.5, 0.6) is 0 Å². The topological polar surface area (TPSA) is 78.9 Å². The third-order valence-electron chi connectivity index (χ3n) is 2.50. The normalized spacial score (nSPS) is 10.8. The molecule has 94 valence electrons. The maximum Gasteiger partial charge on any atom is 0.142 e. The predicted octanol–water partition coefficient (Wildman–Crippen LogP) is 1.45. The molecule has 3 N–H and O–H groups in total. The molecule has 0 bridgehead atoms. The summed E-state index contributed by atoms with van der Waals surface area (Å²) < 4.78 is 0. The minimum atomic E-state index is 0.00709. The van der Waals surface area contributed by atoms with Gasteiger partial charge in [0.2, 0.25) is 0 Å². The first-order valence-electron chi connectivity index (χ1n) is 5.50. The predicted molar refractivity (Wildman–Crippen MR) is 72.5 cm³/mol. The zero-order chi connectivity index (χ0) is 13.0. The quantitative estimate of drug-likeness (QED) is 0.631. The summed E-state index contributed by atoms with van der Waals surface area (Å²) in [5, 5.41) is 9.54. The molecule has 0 radical (unpaired) electrons. The fourth-order valence-corrected chi connectivity index (χ4v) is 2.30. The number of hydrogen-bond acceptors (Lipinski definition) is 5. The van der Waals surface area contributed by atoms with E-state index in [9.17, 15) is 0 Å². The number of rotatable bonds is 5. The Balaban J connectivity index is 2.07. The van der Waals surface area contributed by atoms with E-state index in [-0.39, 0.29) is 5.84 Å². The van der Waals surface area contributed by atoms with Gasteiger partial charge in [-0.3, -0.25) is 15.3 Å². The average Bonchev–Trinajstić information content (AvgIpc) is 2.82. The lowest BCUT2D eigenvalue weighted by Gasteiger charge is -2.16. The fourth-order valence-electron chi connectivity index (χ4n) is 1.75. The molecular weight excluding hydrogens is 246 g/mol. The van der Waals surface area contributed by atoms with Crippen molar-refractivity contribution in [1.82, 2.24) is 14.9 Å². The first-order chi connectivity index (χ1) is 8.66. The van der Waals surface area contributed by atoms with Crippen LogP contribution in [0, 0.1) is 5.41 Å². The van der Waals surface area contributed by atoms with E-state index in [4.69, 9.17) is 11.1 Å². The molecule has 0 atom stereocenters. The van der Waals surface area contributed by atoms with Crippen molar-refractivity contribution in [1.29, 1.82) is 5.41 Å². The van der Waals surface area contributed by atoms with Gasteiger partial charge in [-0.25, -0.2) is 4.98 Å². The lowest BCUT2D eigenvalue weighted by molar-refractivity contribution is 0.315. The Morgan fingerprint density at radius 1 is 1.44 bits per heavy atom. The van der Waals surface area contributed by atoms with Crippen LogP contribution >= 0.6 is 11.3 Å². The number of nitrogens with zero attached hydrogens (tertiary/aromatic N) is 3. The van der Waals surface area contributed by atoms with Gasteiger partial charge in [0.15, 0.2) is 0 Å². The molecule has 0 aromatic carbocycles. The number of amidine groups is 1. The average molecular weight is 261 g/mol. The number of pyridine rings is 1. The van der Waals surface area contributed by atoms with Gasteiger partial charge in [0, 0.05) is 24.7 Å². The minimum Gasteiger partial charge on any atom is -0.382 e. The molecule has 0 saturated heterocycles. The number of nitrogens with two attached hydrogens (primary N) is 1. The lowest BCUT2D eigenvalue weighted by Crippen LogP contribution is -2.22. The number of nitrogen functional groups attached to an aromatic ring is 1. The maximum absolute atomic E-state index is 7.50. The van der Waals surface area contributed by atoms with Crippen molar-refractivity contribution in [2.24, 2.45) is 5.73 Å². The van der Waals surface area contributed by atoms with E-state index in [1.807, 2.05) is 30.1 Å². The molecule has 0 spiro atoms. The standard InChI is InChI=1S/C12H15N5S/c1-17(6-10-7-18-8-16-10)5-9-3-2-4-15-11(9)12(13)14/h2-4,7-8H,5-6H2,1H3,(H3,13,14). The number of nitrogens with one attached hydrogen (secondary N) is 1. The molecule has 2 heterocycles.